The van der Waals surface area contributed by atoms with E-state index in [1.165, 1.54) is 12.1 Å². The van der Waals surface area contributed by atoms with Crippen LogP contribution in [0.1, 0.15) is 22.3 Å². The molecule has 0 fully saturated rings. The lowest BCUT2D eigenvalue weighted by atomic mass is 9.89. The normalized spacial score (nSPS) is 9.97. The van der Waals surface area contributed by atoms with Crippen molar-refractivity contribution >= 4 is 11.1 Å². The molecule has 4 rings (SSSR count). The quantitative estimate of drug-likeness (QED) is 0.272. The first-order valence-electron chi connectivity index (χ1n) is 9.49. The molecule has 4 aromatic carbocycles. The fourth-order valence-corrected chi connectivity index (χ4v) is 3.22. The summed E-state index contributed by atoms with van der Waals surface area (Å²) in [6.07, 6.45) is 0. The van der Waals surface area contributed by atoms with Gasteiger partial charge in [0.15, 0.2) is 0 Å². The van der Waals surface area contributed by atoms with E-state index in [1.807, 2.05) is 54.6 Å². The third kappa shape index (κ3) is 4.51. The van der Waals surface area contributed by atoms with Crippen LogP contribution in [-0.2, 0) is 0 Å². The topological polar surface area (TPSA) is 0 Å². The maximum Gasteiger partial charge on any atom is 0.123 e. The molecule has 0 N–H and O–H groups in total. The number of benzene rings is 4. The molecule has 0 saturated carbocycles. The van der Waals surface area contributed by atoms with E-state index in [-0.39, 0.29) is 5.82 Å². The average Bonchev–Trinajstić information content (AvgIpc) is 2.79. The number of allylic oxidation sites excluding steroid dienone is 1. The van der Waals surface area contributed by atoms with E-state index < -0.39 is 0 Å². The second kappa shape index (κ2) is 8.87. The predicted molar refractivity (Wildman–Crippen MR) is 119 cm³/mol. The second-order valence-corrected chi connectivity index (χ2v) is 6.60. The Balaban J connectivity index is 1.98. The highest BCUT2D eigenvalue weighted by atomic mass is 19.1. The SMILES string of the molecule is Fc1ccc(C#CC(=C(c2ccccc2)c2ccccc2)c2ccccc2)cc1. The standard InChI is InChI=1S/C28H19F/c29-26-19-16-22(17-20-26)18-21-27(23-10-4-1-5-11-23)28(24-12-6-2-7-13-24)25-14-8-3-9-15-25/h1-17,19-20H. The van der Waals surface area contributed by atoms with E-state index in [1.54, 1.807) is 12.1 Å². The lowest BCUT2D eigenvalue weighted by molar-refractivity contribution is 0.627. The van der Waals surface area contributed by atoms with Crippen LogP contribution in [-0.4, -0.2) is 0 Å². The first-order valence-corrected chi connectivity index (χ1v) is 9.49. The van der Waals surface area contributed by atoms with Crippen molar-refractivity contribution < 1.29 is 4.39 Å². The Morgan fingerprint density at radius 3 is 1.45 bits per heavy atom. The highest BCUT2D eigenvalue weighted by molar-refractivity contribution is 6.04. The number of rotatable bonds is 3. The second-order valence-electron chi connectivity index (χ2n) is 6.60. The summed E-state index contributed by atoms with van der Waals surface area (Å²) in [4.78, 5) is 0. The van der Waals surface area contributed by atoms with Crippen LogP contribution in [0, 0.1) is 17.7 Å². The molecule has 0 spiro atoms. The van der Waals surface area contributed by atoms with Crippen molar-refractivity contribution in [2.24, 2.45) is 0 Å². The van der Waals surface area contributed by atoms with E-state index in [4.69, 9.17) is 0 Å². The van der Waals surface area contributed by atoms with E-state index in [2.05, 4.69) is 48.2 Å². The number of hydrogen-bond acceptors (Lipinski definition) is 0. The number of halogens is 1. The molecule has 4 aromatic rings. The molecule has 0 aliphatic heterocycles. The summed E-state index contributed by atoms with van der Waals surface area (Å²) in [6, 6.07) is 37.0. The Bertz CT molecular complexity index is 1120. The van der Waals surface area contributed by atoms with Gasteiger partial charge in [0.05, 0.1) is 0 Å². The minimum atomic E-state index is -0.261. The van der Waals surface area contributed by atoms with Crippen LogP contribution in [0.4, 0.5) is 4.39 Å². The van der Waals surface area contributed by atoms with Crippen LogP contribution in [0.3, 0.4) is 0 Å². The number of hydrogen-bond donors (Lipinski definition) is 0. The van der Waals surface area contributed by atoms with Crippen LogP contribution < -0.4 is 0 Å². The van der Waals surface area contributed by atoms with Gasteiger partial charge in [-0.25, -0.2) is 4.39 Å². The van der Waals surface area contributed by atoms with Crippen LogP contribution in [0.15, 0.2) is 115 Å². The maximum absolute atomic E-state index is 13.3. The van der Waals surface area contributed by atoms with Crippen molar-refractivity contribution in [3.63, 3.8) is 0 Å². The largest absolute Gasteiger partial charge is 0.207 e. The van der Waals surface area contributed by atoms with Gasteiger partial charge in [-0.05, 0) is 41.0 Å². The zero-order valence-electron chi connectivity index (χ0n) is 15.8. The van der Waals surface area contributed by atoms with Crippen LogP contribution in [0.2, 0.25) is 0 Å². The third-order valence-corrected chi connectivity index (χ3v) is 4.61. The highest BCUT2D eigenvalue weighted by Gasteiger charge is 2.12. The van der Waals surface area contributed by atoms with E-state index in [0.29, 0.717) is 0 Å². The van der Waals surface area contributed by atoms with Gasteiger partial charge in [0, 0.05) is 16.7 Å². The van der Waals surface area contributed by atoms with Gasteiger partial charge in [0.2, 0.25) is 0 Å². The van der Waals surface area contributed by atoms with Crippen LogP contribution >= 0.6 is 0 Å². The van der Waals surface area contributed by atoms with Gasteiger partial charge in [-0.3, -0.25) is 0 Å². The molecular weight excluding hydrogens is 355 g/mol. The van der Waals surface area contributed by atoms with Crippen molar-refractivity contribution in [2.75, 3.05) is 0 Å². The minimum Gasteiger partial charge on any atom is -0.207 e. The fourth-order valence-electron chi connectivity index (χ4n) is 3.22. The molecule has 138 valence electrons. The monoisotopic (exact) mass is 374 g/mol. The lowest BCUT2D eigenvalue weighted by Gasteiger charge is -2.13. The van der Waals surface area contributed by atoms with Gasteiger partial charge >= 0.3 is 0 Å². The average molecular weight is 374 g/mol. The van der Waals surface area contributed by atoms with Crippen molar-refractivity contribution in [1.82, 2.24) is 0 Å². The summed E-state index contributed by atoms with van der Waals surface area (Å²) in [5.74, 6) is 6.33. The molecule has 29 heavy (non-hydrogen) atoms. The molecule has 0 aromatic heterocycles. The van der Waals surface area contributed by atoms with Gasteiger partial charge < -0.3 is 0 Å². The molecular formula is C28H19F. The van der Waals surface area contributed by atoms with Crippen molar-refractivity contribution in [2.45, 2.75) is 0 Å². The molecule has 0 amide bonds. The Morgan fingerprint density at radius 2 is 0.966 bits per heavy atom. The van der Waals surface area contributed by atoms with Gasteiger partial charge in [-0.15, -0.1) is 0 Å². The van der Waals surface area contributed by atoms with Crippen molar-refractivity contribution in [1.29, 1.82) is 0 Å². The van der Waals surface area contributed by atoms with Gasteiger partial charge in [0.25, 0.3) is 0 Å². The third-order valence-electron chi connectivity index (χ3n) is 4.61. The first-order chi connectivity index (χ1) is 14.3. The summed E-state index contributed by atoms with van der Waals surface area (Å²) in [7, 11) is 0. The zero-order chi connectivity index (χ0) is 19.9. The first kappa shape index (κ1) is 18.5. The highest BCUT2D eigenvalue weighted by Crippen LogP contribution is 2.32. The molecule has 0 atom stereocenters. The molecule has 0 saturated heterocycles. The smallest absolute Gasteiger partial charge is 0.123 e. The molecule has 1 heteroatoms. The van der Waals surface area contributed by atoms with Gasteiger partial charge in [-0.1, -0.05) is 103 Å². The molecule has 0 heterocycles. The van der Waals surface area contributed by atoms with E-state index in [0.717, 1.165) is 33.4 Å². The zero-order valence-corrected chi connectivity index (χ0v) is 15.8. The Hall–Kier alpha value is -3.89. The fraction of sp³-hybridized carbons (Fsp3) is 0. The Morgan fingerprint density at radius 1 is 0.517 bits per heavy atom. The Labute approximate surface area is 171 Å². The minimum absolute atomic E-state index is 0.261. The Kier molecular flexibility index (Phi) is 5.65. The van der Waals surface area contributed by atoms with Crippen molar-refractivity contribution in [3.05, 3.63) is 143 Å². The molecule has 0 radical (unpaired) electrons. The maximum atomic E-state index is 13.3. The molecule has 0 unspecified atom stereocenters. The molecule has 0 aliphatic carbocycles. The van der Waals surface area contributed by atoms with Crippen LogP contribution in [0.5, 0.6) is 0 Å². The van der Waals surface area contributed by atoms with Crippen molar-refractivity contribution in [3.8, 4) is 11.8 Å². The molecule has 0 nitrogen and oxygen atoms in total. The summed E-state index contributed by atoms with van der Waals surface area (Å²) >= 11 is 0. The molecule has 0 aliphatic rings. The predicted octanol–water partition coefficient (Wildman–Crippen LogP) is 6.84. The summed E-state index contributed by atoms with van der Waals surface area (Å²) < 4.78 is 13.3. The summed E-state index contributed by atoms with van der Waals surface area (Å²) in [5, 5.41) is 0. The van der Waals surface area contributed by atoms with Gasteiger partial charge in [0.1, 0.15) is 5.82 Å². The van der Waals surface area contributed by atoms with Gasteiger partial charge in [-0.2, -0.15) is 0 Å². The summed E-state index contributed by atoms with van der Waals surface area (Å²) in [5.41, 5.74) is 6.04. The van der Waals surface area contributed by atoms with Crippen LogP contribution in [0.25, 0.3) is 11.1 Å². The lowest BCUT2D eigenvalue weighted by Crippen LogP contribution is -1.94. The van der Waals surface area contributed by atoms with E-state index in [9.17, 15) is 4.39 Å². The summed E-state index contributed by atoms with van der Waals surface area (Å²) in [6.45, 7) is 0. The van der Waals surface area contributed by atoms with E-state index >= 15 is 0 Å². The molecule has 0 bridgehead atoms.